The van der Waals surface area contributed by atoms with Crippen LogP contribution in [0, 0.1) is 0 Å². The van der Waals surface area contributed by atoms with E-state index in [0.29, 0.717) is 5.56 Å². The summed E-state index contributed by atoms with van der Waals surface area (Å²) in [6, 6.07) is 11.1. The number of benzene rings is 3. The van der Waals surface area contributed by atoms with Crippen LogP contribution >= 0.6 is 0 Å². The number of fused-ring (bicyclic) bond motifs is 1. The number of hydrogen-bond donors (Lipinski definition) is 10. The van der Waals surface area contributed by atoms with Crippen LogP contribution in [0.4, 0.5) is 0 Å². The normalized spacial score (nSPS) is 28.6. The predicted molar refractivity (Wildman–Crippen MR) is 181 cm³/mol. The summed E-state index contributed by atoms with van der Waals surface area (Å²) >= 11 is 0. The number of carbonyl (C=O) groups excluding carboxylic acids is 1. The molecule has 0 aliphatic carbocycles. The monoisotopic (exact) mass is 756 g/mol. The number of rotatable bonds is 9. The first kappa shape index (κ1) is 38.3. The van der Waals surface area contributed by atoms with Crippen LogP contribution in [-0.4, -0.2) is 125 Å². The van der Waals surface area contributed by atoms with E-state index in [0.717, 1.165) is 30.3 Å². The molecule has 10 atom stereocenters. The third-order valence-corrected chi connectivity index (χ3v) is 8.83. The Bertz CT molecular complexity index is 2080. The summed E-state index contributed by atoms with van der Waals surface area (Å²) in [6.07, 6.45) is -15.2. The number of phenols is 5. The molecule has 0 saturated carbocycles. The lowest BCUT2D eigenvalue weighted by atomic mass is 9.97. The van der Waals surface area contributed by atoms with Crippen molar-refractivity contribution >= 4 is 23.0 Å². The molecule has 3 aromatic carbocycles. The standard InChI is InChI=1S/C36H36O18/c1-14-26(43)30(47)34(54-35-31(48)29(46)27(44)23(52-35)13-49-24(42)9-4-15-2-6-17(37)7-3-15)36(50-14)53-33-28(45)25-21(41)11-18(38)12-22(25)51-32(33)16-5-8-19(39)20(40)10-16/h2-12,14,23,26-27,29-31,34-41,43-44,46-48H,13H2,1H3/t14-,23+,26-,27+,29-,30+,31+,34-,35-,36-/m0/s1. The minimum atomic E-state index is -2.00. The molecule has 0 radical (unpaired) electrons. The Labute approximate surface area is 304 Å². The Morgan fingerprint density at radius 2 is 1.48 bits per heavy atom. The van der Waals surface area contributed by atoms with Gasteiger partial charge in [-0.1, -0.05) is 12.1 Å². The Balaban J connectivity index is 1.28. The van der Waals surface area contributed by atoms with Crippen LogP contribution in [0.5, 0.6) is 34.5 Å². The Kier molecular flexibility index (Phi) is 11.0. The highest BCUT2D eigenvalue weighted by atomic mass is 16.8. The van der Waals surface area contributed by atoms with Gasteiger partial charge in [0, 0.05) is 23.8 Å². The fourth-order valence-corrected chi connectivity index (χ4v) is 5.87. The van der Waals surface area contributed by atoms with Crippen molar-refractivity contribution in [3.63, 3.8) is 0 Å². The van der Waals surface area contributed by atoms with Crippen molar-refractivity contribution in [2.24, 2.45) is 0 Å². The van der Waals surface area contributed by atoms with Crippen LogP contribution < -0.4 is 10.2 Å². The number of phenolic OH excluding ortho intramolecular Hbond substituents is 5. The van der Waals surface area contributed by atoms with E-state index in [1.54, 1.807) is 0 Å². The molecule has 4 aromatic rings. The summed E-state index contributed by atoms with van der Waals surface area (Å²) in [7, 11) is 0. The molecule has 2 fully saturated rings. The molecule has 0 unspecified atom stereocenters. The minimum absolute atomic E-state index is 0.0198. The number of hydrogen-bond acceptors (Lipinski definition) is 18. The maximum absolute atomic E-state index is 13.9. The van der Waals surface area contributed by atoms with E-state index >= 15 is 0 Å². The van der Waals surface area contributed by atoms with Gasteiger partial charge < -0.3 is 79.2 Å². The van der Waals surface area contributed by atoms with Gasteiger partial charge in [-0.3, -0.25) is 4.79 Å². The van der Waals surface area contributed by atoms with Gasteiger partial charge in [-0.2, -0.15) is 0 Å². The second kappa shape index (κ2) is 15.5. The van der Waals surface area contributed by atoms with Gasteiger partial charge in [0.2, 0.25) is 17.5 Å². The highest BCUT2D eigenvalue weighted by molar-refractivity contribution is 5.88. The maximum atomic E-state index is 13.9. The average molecular weight is 757 g/mol. The zero-order valence-corrected chi connectivity index (χ0v) is 28.1. The summed E-state index contributed by atoms with van der Waals surface area (Å²) < 4.78 is 34.2. The van der Waals surface area contributed by atoms with E-state index < -0.39 is 119 Å². The van der Waals surface area contributed by atoms with Gasteiger partial charge in [-0.05, 0) is 48.9 Å². The third-order valence-electron chi connectivity index (χ3n) is 8.83. The van der Waals surface area contributed by atoms with Crippen LogP contribution in [0.1, 0.15) is 12.5 Å². The van der Waals surface area contributed by atoms with E-state index in [1.807, 2.05) is 0 Å². The van der Waals surface area contributed by atoms with Crippen molar-refractivity contribution in [2.45, 2.75) is 68.3 Å². The zero-order chi connectivity index (χ0) is 39.0. The van der Waals surface area contributed by atoms with E-state index in [2.05, 4.69) is 0 Å². The van der Waals surface area contributed by atoms with Gasteiger partial charge >= 0.3 is 5.97 Å². The summed E-state index contributed by atoms with van der Waals surface area (Å²) in [6.45, 7) is 0.691. The van der Waals surface area contributed by atoms with Crippen LogP contribution in [0.25, 0.3) is 28.4 Å². The summed E-state index contributed by atoms with van der Waals surface area (Å²) in [5.41, 5.74) is -0.858. The Hall–Kier alpha value is -5.44. The Morgan fingerprint density at radius 3 is 2.19 bits per heavy atom. The van der Waals surface area contributed by atoms with Crippen LogP contribution in [0.3, 0.4) is 0 Å². The van der Waals surface area contributed by atoms with Crippen LogP contribution in [-0.2, 0) is 23.7 Å². The summed E-state index contributed by atoms with van der Waals surface area (Å²) in [5.74, 6) is -4.31. The van der Waals surface area contributed by atoms with E-state index in [1.165, 1.54) is 43.3 Å². The second-order valence-electron chi connectivity index (χ2n) is 12.6. The average Bonchev–Trinajstić information content (AvgIpc) is 3.13. The van der Waals surface area contributed by atoms with Crippen molar-refractivity contribution < 1.29 is 84.0 Å². The number of carbonyl (C=O) groups is 1. The molecular formula is C36H36O18. The molecule has 288 valence electrons. The van der Waals surface area contributed by atoms with Crippen LogP contribution in [0.15, 0.2) is 69.9 Å². The first-order valence-corrected chi connectivity index (χ1v) is 16.3. The number of aliphatic hydroxyl groups excluding tert-OH is 5. The smallest absolute Gasteiger partial charge is 0.330 e. The van der Waals surface area contributed by atoms with Gasteiger partial charge in [-0.15, -0.1) is 0 Å². The molecule has 54 heavy (non-hydrogen) atoms. The number of aromatic hydroxyl groups is 5. The highest BCUT2D eigenvalue weighted by Gasteiger charge is 2.51. The fourth-order valence-electron chi connectivity index (χ4n) is 5.87. The molecule has 1 aromatic heterocycles. The van der Waals surface area contributed by atoms with Crippen molar-refractivity contribution in [3.05, 3.63) is 76.5 Å². The highest BCUT2D eigenvalue weighted by Crippen LogP contribution is 2.40. The topological polar surface area (TPSA) is 296 Å². The minimum Gasteiger partial charge on any atom is -0.508 e. The van der Waals surface area contributed by atoms with E-state index in [4.69, 9.17) is 28.1 Å². The summed E-state index contributed by atoms with van der Waals surface area (Å²) in [4.78, 5) is 26.3. The molecule has 0 spiro atoms. The second-order valence-corrected chi connectivity index (χ2v) is 12.6. The van der Waals surface area contributed by atoms with E-state index in [9.17, 15) is 60.7 Å². The lowest BCUT2D eigenvalue weighted by Crippen LogP contribution is -2.64. The number of ether oxygens (including phenoxy) is 5. The maximum Gasteiger partial charge on any atom is 0.330 e. The first-order chi connectivity index (χ1) is 25.6. The molecule has 0 bridgehead atoms. The van der Waals surface area contributed by atoms with Gasteiger partial charge in [0.1, 0.15) is 71.4 Å². The van der Waals surface area contributed by atoms with Gasteiger partial charge in [0.15, 0.2) is 29.7 Å². The van der Waals surface area contributed by atoms with E-state index in [-0.39, 0.29) is 16.9 Å². The van der Waals surface area contributed by atoms with Gasteiger partial charge in [0.05, 0.1) is 6.10 Å². The van der Waals surface area contributed by atoms with Gasteiger partial charge in [-0.25, -0.2) is 4.79 Å². The molecule has 3 heterocycles. The van der Waals surface area contributed by atoms with Crippen molar-refractivity contribution in [1.29, 1.82) is 0 Å². The SMILES string of the molecule is C[C@@H]1O[C@@H](Oc2c(-c3ccc(O)c(O)c3)oc3cc(O)cc(O)c3c2=O)[C@@H](O[C@@H]2O[C@H](COC(=O)C=Cc3ccc(O)cc3)[C@@H](O)[C@H](O)[C@H]2O)[C@H](O)[C@H]1O. The van der Waals surface area contributed by atoms with Crippen molar-refractivity contribution in [2.75, 3.05) is 6.61 Å². The molecule has 18 heteroatoms. The largest absolute Gasteiger partial charge is 0.508 e. The number of esters is 1. The zero-order valence-electron chi connectivity index (χ0n) is 28.1. The molecule has 2 aliphatic rings. The van der Waals surface area contributed by atoms with Crippen molar-refractivity contribution in [1.82, 2.24) is 0 Å². The quantitative estimate of drug-likeness (QED) is 0.0623. The van der Waals surface area contributed by atoms with Gasteiger partial charge in [0.25, 0.3) is 0 Å². The summed E-state index contributed by atoms with van der Waals surface area (Å²) in [5, 5.41) is 104. The van der Waals surface area contributed by atoms with Crippen LogP contribution in [0.2, 0.25) is 0 Å². The molecular weight excluding hydrogens is 720 g/mol. The third kappa shape index (κ3) is 7.77. The molecule has 10 N–H and O–H groups in total. The molecule has 2 saturated heterocycles. The number of aliphatic hydroxyl groups is 5. The van der Waals surface area contributed by atoms with Crippen molar-refractivity contribution in [3.8, 4) is 45.8 Å². The predicted octanol–water partition coefficient (Wildman–Crippen LogP) is 0.283. The fraction of sp³-hybridized carbons (Fsp3) is 0.333. The molecule has 18 nitrogen and oxygen atoms in total. The molecule has 0 amide bonds. The first-order valence-electron chi connectivity index (χ1n) is 16.3. The molecule has 6 rings (SSSR count). The lowest BCUT2D eigenvalue weighted by molar-refractivity contribution is -0.355. The Morgan fingerprint density at radius 1 is 0.759 bits per heavy atom. The lowest BCUT2D eigenvalue weighted by Gasteiger charge is -2.45. The molecule has 2 aliphatic heterocycles.